The van der Waals surface area contributed by atoms with Crippen molar-refractivity contribution in [1.29, 1.82) is 0 Å². The summed E-state index contributed by atoms with van der Waals surface area (Å²) in [5.41, 5.74) is 5.04. The van der Waals surface area contributed by atoms with Crippen LogP contribution >= 0.6 is 11.3 Å². The molecule has 2 amide bonds. The van der Waals surface area contributed by atoms with E-state index < -0.39 is 0 Å². The van der Waals surface area contributed by atoms with Gasteiger partial charge in [0.15, 0.2) is 5.13 Å². The Morgan fingerprint density at radius 3 is 2.24 bits per heavy atom. The number of rotatable bonds is 8. The number of hydrogen-bond acceptors (Lipinski definition) is 7. The molecule has 1 aromatic heterocycles. The average Bonchev–Trinajstić information content (AvgIpc) is 3.56. The fourth-order valence-corrected chi connectivity index (χ4v) is 3.97. The van der Waals surface area contributed by atoms with Crippen molar-refractivity contribution in [3.63, 3.8) is 0 Å². The fraction of sp³-hybridized carbons (Fsp3) is 0.303. The molecule has 3 aromatic rings. The molecule has 0 saturated heterocycles. The van der Waals surface area contributed by atoms with Crippen LogP contribution in [0.25, 0.3) is 10.2 Å². The zero-order chi connectivity index (χ0) is 30.5. The number of thiazole rings is 1. The van der Waals surface area contributed by atoms with Crippen LogP contribution in [0.1, 0.15) is 52.2 Å². The monoisotopic (exact) mass is 574 g/mol. The van der Waals surface area contributed by atoms with Crippen molar-refractivity contribution in [2.75, 3.05) is 18.4 Å². The number of para-hydroxylation sites is 1. The van der Waals surface area contributed by atoms with E-state index in [2.05, 4.69) is 83.8 Å². The lowest BCUT2D eigenvalue weighted by molar-refractivity contribution is -0.131. The predicted octanol–water partition coefficient (Wildman–Crippen LogP) is 7.34. The number of nitrogens with zero attached hydrogens (tertiary/aromatic N) is 3. The number of aryl methyl sites for hydroxylation is 1. The summed E-state index contributed by atoms with van der Waals surface area (Å²) in [5.74, 6) is 0.234. The zero-order valence-electron chi connectivity index (χ0n) is 25.0. The standard InChI is InChI=1S/C16H16N2S.C9H14.C5H6N2O2.C3H6O/c1-12-6-8-13(9-7-12)10-11-17-16-18-14-4-2-3-5-15(14)19-16;1-4-6-7-8-9(3)5-2;1-4-6-2-5(9)7(4)3-8;1-2-3-4/h2-9H,10-11H2,1H3,(H,17,18);4-8H,1-3H3;3H,2H2,1H3;3H,2H2,1H3/b;6-4-,8-7-,9-5-;;. The largest absolute Gasteiger partial charge is 0.361 e. The van der Waals surface area contributed by atoms with Crippen molar-refractivity contribution < 1.29 is 14.4 Å². The number of allylic oxidation sites excluding steroid dienone is 6. The number of aldehydes is 1. The van der Waals surface area contributed by atoms with Crippen LogP contribution in [-0.4, -0.2) is 47.4 Å². The Kier molecular flexibility index (Phi) is 17.6. The minimum Gasteiger partial charge on any atom is -0.361 e. The van der Waals surface area contributed by atoms with Gasteiger partial charge in [0.25, 0.3) is 5.91 Å². The summed E-state index contributed by atoms with van der Waals surface area (Å²) >= 11 is 1.71. The molecule has 0 spiro atoms. The molecule has 218 valence electrons. The normalized spacial score (nSPS) is 12.6. The maximum Gasteiger partial charge on any atom is 0.256 e. The van der Waals surface area contributed by atoms with Crippen LogP contribution < -0.4 is 5.32 Å². The van der Waals surface area contributed by atoms with E-state index >= 15 is 0 Å². The first kappa shape index (κ1) is 34.9. The summed E-state index contributed by atoms with van der Waals surface area (Å²) in [6, 6.07) is 16.9. The highest BCUT2D eigenvalue weighted by atomic mass is 32.1. The lowest BCUT2D eigenvalue weighted by Crippen LogP contribution is -2.28. The number of carbonyl (C=O) groups is 3. The van der Waals surface area contributed by atoms with Crippen LogP contribution in [-0.2, 0) is 20.8 Å². The van der Waals surface area contributed by atoms with Gasteiger partial charge in [-0.15, -0.1) is 0 Å². The van der Waals surface area contributed by atoms with Crippen molar-refractivity contribution in [2.24, 2.45) is 4.99 Å². The lowest BCUT2D eigenvalue weighted by atomic mass is 10.1. The molecule has 0 saturated carbocycles. The first-order valence-electron chi connectivity index (χ1n) is 13.6. The molecule has 0 fully saturated rings. The molecule has 1 aliphatic rings. The maximum absolute atomic E-state index is 10.6. The van der Waals surface area contributed by atoms with Gasteiger partial charge in [0.05, 0.1) is 10.2 Å². The summed E-state index contributed by atoms with van der Waals surface area (Å²) in [4.78, 5) is 39.1. The lowest BCUT2D eigenvalue weighted by Gasteiger charge is -2.03. The topological polar surface area (TPSA) is 91.7 Å². The van der Waals surface area contributed by atoms with Gasteiger partial charge >= 0.3 is 0 Å². The summed E-state index contributed by atoms with van der Waals surface area (Å²) in [6.45, 7) is 12.7. The second kappa shape index (κ2) is 20.7. The number of amides is 2. The average molecular weight is 575 g/mol. The second-order valence-electron chi connectivity index (χ2n) is 8.87. The molecule has 4 rings (SSSR count). The van der Waals surface area contributed by atoms with Gasteiger partial charge < -0.3 is 10.1 Å². The molecule has 41 heavy (non-hydrogen) atoms. The van der Waals surface area contributed by atoms with Crippen molar-refractivity contribution in [1.82, 2.24) is 9.88 Å². The van der Waals surface area contributed by atoms with Gasteiger partial charge in [0.1, 0.15) is 18.7 Å². The third kappa shape index (κ3) is 14.2. The van der Waals surface area contributed by atoms with Crippen LogP contribution in [0.2, 0.25) is 0 Å². The van der Waals surface area contributed by atoms with Crippen molar-refractivity contribution in [3.8, 4) is 0 Å². The van der Waals surface area contributed by atoms with Gasteiger partial charge in [-0.3, -0.25) is 14.6 Å². The van der Waals surface area contributed by atoms with E-state index in [1.165, 1.54) is 21.4 Å². The SMILES string of the molecule is CC1=NCC(=O)N1C=O.CCC=O.C\C=C/C=C\C(C)=C/C.Cc1ccc(CCNc2nc3ccccc3s2)cc1. The highest BCUT2D eigenvalue weighted by Crippen LogP contribution is 2.25. The van der Waals surface area contributed by atoms with Crippen LogP contribution in [0.4, 0.5) is 5.13 Å². The molecule has 0 atom stereocenters. The van der Waals surface area contributed by atoms with Crippen LogP contribution in [0.15, 0.2) is 89.5 Å². The predicted molar refractivity (Wildman–Crippen MR) is 174 cm³/mol. The fourth-order valence-electron chi connectivity index (χ4n) is 3.08. The minimum atomic E-state index is -0.248. The third-order valence-corrected chi connectivity index (χ3v) is 6.55. The van der Waals surface area contributed by atoms with Crippen molar-refractivity contribution in [2.45, 2.75) is 54.4 Å². The zero-order valence-corrected chi connectivity index (χ0v) is 25.8. The number of amidine groups is 1. The molecule has 7 nitrogen and oxygen atoms in total. The second-order valence-corrected chi connectivity index (χ2v) is 9.90. The molecule has 0 aliphatic carbocycles. The number of anilines is 1. The molecule has 2 aromatic carbocycles. The van der Waals surface area contributed by atoms with Gasteiger partial charge in [-0.25, -0.2) is 9.88 Å². The van der Waals surface area contributed by atoms with Gasteiger partial charge in [-0.2, -0.15) is 0 Å². The Morgan fingerprint density at radius 2 is 1.73 bits per heavy atom. The van der Waals surface area contributed by atoms with E-state index in [0.717, 1.165) is 34.8 Å². The first-order valence-corrected chi connectivity index (χ1v) is 14.4. The number of aliphatic imine (C=N–C) groups is 1. The number of fused-ring (bicyclic) bond motifs is 1. The highest BCUT2D eigenvalue weighted by molar-refractivity contribution is 7.22. The van der Waals surface area contributed by atoms with E-state index in [-0.39, 0.29) is 12.5 Å². The van der Waals surface area contributed by atoms with E-state index in [4.69, 9.17) is 0 Å². The van der Waals surface area contributed by atoms with Crippen LogP contribution in [0, 0.1) is 6.92 Å². The number of aromatic nitrogens is 1. The summed E-state index contributed by atoms with van der Waals surface area (Å²) < 4.78 is 1.24. The Balaban J connectivity index is 0.000000321. The first-order chi connectivity index (χ1) is 19.8. The molecule has 1 aliphatic heterocycles. The van der Waals surface area contributed by atoms with Crippen LogP contribution in [0.5, 0.6) is 0 Å². The van der Waals surface area contributed by atoms with Gasteiger partial charge in [0, 0.05) is 13.0 Å². The number of hydrogen-bond donors (Lipinski definition) is 1. The molecule has 0 radical (unpaired) electrons. The minimum absolute atomic E-state index is 0.116. The molecule has 0 bridgehead atoms. The molecule has 1 N–H and O–H groups in total. The molecule has 0 unspecified atom stereocenters. The van der Waals surface area contributed by atoms with E-state index in [9.17, 15) is 14.4 Å². The Bertz CT molecular complexity index is 1310. The van der Waals surface area contributed by atoms with Crippen LogP contribution in [0.3, 0.4) is 0 Å². The van der Waals surface area contributed by atoms with E-state index in [1.54, 1.807) is 18.3 Å². The Labute approximate surface area is 248 Å². The summed E-state index contributed by atoms with van der Waals surface area (Å²) in [6.07, 6.45) is 13.3. The summed E-state index contributed by atoms with van der Waals surface area (Å²) in [5, 5.41) is 4.41. The maximum atomic E-state index is 10.6. The third-order valence-electron chi connectivity index (χ3n) is 5.55. The highest BCUT2D eigenvalue weighted by Gasteiger charge is 2.20. The van der Waals surface area contributed by atoms with Crippen molar-refractivity contribution in [3.05, 3.63) is 95.6 Å². The van der Waals surface area contributed by atoms with E-state index in [0.29, 0.717) is 18.7 Å². The van der Waals surface area contributed by atoms with Gasteiger partial charge in [-0.05, 0) is 58.7 Å². The van der Waals surface area contributed by atoms with Crippen molar-refractivity contribution >= 4 is 51.1 Å². The smallest absolute Gasteiger partial charge is 0.256 e. The number of carbonyl (C=O) groups excluding carboxylic acids is 3. The van der Waals surface area contributed by atoms with E-state index in [1.807, 2.05) is 45.1 Å². The molecular weight excluding hydrogens is 532 g/mol. The molecular formula is C33H42N4O3S. The quantitative estimate of drug-likeness (QED) is 0.224. The number of benzene rings is 2. The Hall–Kier alpha value is -4.17. The molecule has 2 heterocycles. The number of imide groups is 1. The molecule has 8 heteroatoms. The Morgan fingerprint density at radius 1 is 1.05 bits per heavy atom. The number of nitrogens with one attached hydrogen (secondary N) is 1. The van der Waals surface area contributed by atoms with Gasteiger partial charge in [0.2, 0.25) is 6.41 Å². The summed E-state index contributed by atoms with van der Waals surface area (Å²) in [7, 11) is 0. The van der Waals surface area contributed by atoms with Gasteiger partial charge in [-0.1, -0.05) is 96.2 Å².